The van der Waals surface area contributed by atoms with Crippen LogP contribution in [0.5, 0.6) is 0 Å². The Kier molecular flexibility index (Phi) is 3.89. The van der Waals surface area contributed by atoms with Crippen molar-refractivity contribution in [3.63, 3.8) is 0 Å². The Labute approximate surface area is 112 Å². The van der Waals surface area contributed by atoms with Crippen molar-refractivity contribution in [3.05, 3.63) is 18.2 Å². The summed E-state index contributed by atoms with van der Waals surface area (Å²) in [5, 5.41) is 2.83. The second-order valence-corrected chi connectivity index (χ2v) is 4.54. The molecule has 0 saturated heterocycles. The van der Waals surface area contributed by atoms with Crippen molar-refractivity contribution in [3.8, 4) is 0 Å². The average Bonchev–Trinajstić information content (AvgIpc) is 2.79. The van der Waals surface area contributed by atoms with Gasteiger partial charge in [0.2, 0.25) is 11.9 Å². The second-order valence-electron chi connectivity index (χ2n) is 4.54. The standard InChI is InChI=1S/C13H19N5O/c1-3-6-15-12(19)8-18(2)13-16-10-5-4-9(14)7-11(10)17-13/h4-5,7H,3,6,8,14H2,1-2H3,(H,15,19)(H,16,17). The number of fused-ring (bicyclic) bond motifs is 1. The van der Waals surface area contributed by atoms with Crippen LogP contribution in [0.15, 0.2) is 18.2 Å². The number of aromatic nitrogens is 2. The first-order valence-corrected chi connectivity index (χ1v) is 6.33. The van der Waals surface area contributed by atoms with Gasteiger partial charge in [0.15, 0.2) is 0 Å². The van der Waals surface area contributed by atoms with Crippen molar-refractivity contribution in [1.82, 2.24) is 15.3 Å². The van der Waals surface area contributed by atoms with E-state index in [1.807, 2.05) is 26.1 Å². The lowest BCUT2D eigenvalue weighted by atomic mass is 10.3. The number of likely N-dealkylation sites (N-methyl/N-ethyl adjacent to an activating group) is 1. The topological polar surface area (TPSA) is 87.0 Å². The molecule has 0 unspecified atom stereocenters. The minimum absolute atomic E-state index is 0.00989. The molecule has 0 saturated carbocycles. The zero-order valence-electron chi connectivity index (χ0n) is 11.2. The Morgan fingerprint density at radius 3 is 3.05 bits per heavy atom. The van der Waals surface area contributed by atoms with E-state index in [0.29, 0.717) is 18.2 Å². The van der Waals surface area contributed by atoms with Crippen LogP contribution in [0.4, 0.5) is 11.6 Å². The Hall–Kier alpha value is -2.24. The van der Waals surface area contributed by atoms with E-state index in [4.69, 9.17) is 5.73 Å². The van der Waals surface area contributed by atoms with Crippen LogP contribution in [0.2, 0.25) is 0 Å². The third-order valence-electron chi connectivity index (χ3n) is 2.81. The maximum absolute atomic E-state index is 11.6. The maximum atomic E-state index is 11.6. The molecule has 4 N–H and O–H groups in total. The SMILES string of the molecule is CCCNC(=O)CN(C)c1nc2ccc(N)cc2[nH]1. The number of nitrogens with two attached hydrogens (primary N) is 1. The third-order valence-corrected chi connectivity index (χ3v) is 2.81. The molecular formula is C13H19N5O. The highest BCUT2D eigenvalue weighted by molar-refractivity contribution is 5.83. The number of hydrogen-bond acceptors (Lipinski definition) is 4. The van der Waals surface area contributed by atoms with Gasteiger partial charge in [-0.3, -0.25) is 4.79 Å². The quantitative estimate of drug-likeness (QED) is 0.704. The number of H-pyrrole nitrogens is 1. The minimum atomic E-state index is -0.00989. The number of nitrogens with zero attached hydrogens (tertiary/aromatic N) is 2. The van der Waals surface area contributed by atoms with Crippen molar-refractivity contribution in [2.45, 2.75) is 13.3 Å². The van der Waals surface area contributed by atoms with Crippen molar-refractivity contribution in [1.29, 1.82) is 0 Å². The van der Waals surface area contributed by atoms with E-state index in [2.05, 4.69) is 15.3 Å². The summed E-state index contributed by atoms with van der Waals surface area (Å²) in [5.41, 5.74) is 8.11. The summed E-state index contributed by atoms with van der Waals surface area (Å²) in [5.74, 6) is 0.650. The molecule has 102 valence electrons. The van der Waals surface area contributed by atoms with E-state index in [-0.39, 0.29) is 12.5 Å². The van der Waals surface area contributed by atoms with Crippen LogP contribution in [0.25, 0.3) is 11.0 Å². The molecule has 1 heterocycles. The zero-order valence-corrected chi connectivity index (χ0v) is 11.2. The first-order valence-electron chi connectivity index (χ1n) is 6.33. The highest BCUT2D eigenvalue weighted by Crippen LogP contribution is 2.18. The summed E-state index contributed by atoms with van der Waals surface area (Å²) in [6.07, 6.45) is 0.930. The summed E-state index contributed by atoms with van der Waals surface area (Å²) in [6.45, 7) is 2.99. The highest BCUT2D eigenvalue weighted by Gasteiger charge is 2.11. The van der Waals surface area contributed by atoms with E-state index in [0.717, 1.165) is 17.5 Å². The summed E-state index contributed by atoms with van der Waals surface area (Å²) in [6, 6.07) is 5.49. The van der Waals surface area contributed by atoms with Crippen LogP contribution in [0.1, 0.15) is 13.3 Å². The molecule has 0 aliphatic heterocycles. The van der Waals surface area contributed by atoms with Crippen LogP contribution in [0.3, 0.4) is 0 Å². The largest absolute Gasteiger partial charge is 0.399 e. The normalized spacial score (nSPS) is 10.6. The molecular weight excluding hydrogens is 242 g/mol. The monoisotopic (exact) mass is 261 g/mol. The number of anilines is 2. The number of benzene rings is 1. The van der Waals surface area contributed by atoms with Gasteiger partial charge in [-0.15, -0.1) is 0 Å². The van der Waals surface area contributed by atoms with Crippen molar-refractivity contribution >= 4 is 28.6 Å². The number of carbonyl (C=O) groups excluding carboxylic acids is 1. The molecule has 0 spiro atoms. The minimum Gasteiger partial charge on any atom is -0.399 e. The first-order chi connectivity index (χ1) is 9.10. The Morgan fingerprint density at radius 1 is 1.53 bits per heavy atom. The van der Waals surface area contributed by atoms with Gasteiger partial charge in [0.25, 0.3) is 0 Å². The molecule has 6 heteroatoms. The van der Waals surface area contributed by atoms with E-state index in [1.54, 1.807) is 11.0 Å². The first kappa shape index (κ1) is 13.2. The van der Waals surface area contributed by atoms with Gasteiger partial charge in [0.05, 0.1) is 17.6 Å². The molecule has 1 amide bonds. The number of hydrogen-bond donors (Lipinski definition) is 3. The molecule has 19 heavy (non-hydrogen) atoms. The molecule has 0 aliphatic rings. The van der Waals surface area contributed by atoms with Crippen LogP contribution >= 0.6 is 0 Å². The summed E-state index contributed by atoms with van der Waals surface area (Å²) < 4.78 is 0. The molecule has 0 atom stereocenters. The number of rotatable bonds is 5. The van der Waals surface area contributed by atoms with Gasteiger partial charge >= 0.3 is 0 Å². The van der Waals surface area contributed by atoms with Crippen LogP contribution < -0.4 is 16.0 Å². The fourth-order valence-electron chi connectivity index (χ4n) is 1.81. The number of imidazole rings is 1. The average molecular weight is 261 g/mol. The van der Waals surface area contributed by atoms with Gasteiger partial charge in [-0.1, -0.05) is 6.92 Å². The van der Waals surface area contributed by atoms with Crippen LogP contribution in [0, 0.1) is 0 Å². The molecule has 0 aliphatic carbocycles. The number of amides is 1. The van der Waals surface area contributed by atoms with Gasteiger partial charge in [-0.2, -0.15) is 0 Å². The number of aromatic amines is 1. The molecule has 6 nitrogen and oxygen atoms in total. The molecule has 0 fully saturated rings. The predicted molar refractivity (Wildman–Crippen MR) is 77.1 cm³/mol. The molecule has 0 bridgehead atoms. The van der Waals surface area contributed by atoms with E-state index >= 15 is 0 Å². The van der Waals surface area contributed by atoms with E-state index in [1.165, 1.54) is 0 Å². The molecule has 1 aromatic carbocycles. The van der Waals surface area contributed by atoms with Gasteiger partial charge < -0.3 is 20.9 Å². The Balaban J connectivity index is 2.08. The predicted octanol–water partition coefficient (Wildman–Crippen LogP) is 1.11. The highest BCUT2D eigenvalue weighted by atomic mass is 16.2. The molecule has 2 rings (SSSR count). The van der Waals surface area contributed by atoms with Gasteiger partial charge in [0.1, 0.15) is 0 Å². The number of carbonyl (C=O) groups is 1. The van der Waals surface area contributed by atoms with Crippen LogP contribution in [-0.2, 0) is 4.79 Å². The maximum Gasteiger partial charge on any atom is 0.239 e. The lowest BCUT2D eigenvalue weighted by Gasteiger charge is -2.15. The van der Waals surface area contributed by atoms with Crippen molar-refractivity contribution < 1.29 is 4.79 Å². The summed E-state index contributed by atoms with van der Waals surface area (Å²) in [4.78, 5) is 21.0. The fraction of sp³-hybridized carbons (Fsp3) is 0.385. The zero-order chi connectivity index (χ0) is 13.8. The van der Waals surface area contributed by atoms with Gasteiger partial charge in [-0.25, -0.2) is 4.98 Å². The number of nitrogens with one attached hydrogen (secondary N) is 2. The van der Waals surface area contributed by atoms with Gasteiger partial charge in [0, 0.05) is 19.3 Å². The summed E-state index contributed by atoms with van der Waals surface area (Å²) >= 11 is 0. The molecule has 2 aromatic rings. The summed E-state index contributed by atoms with van der Waals surface area (Å²) in [7, 11) is 1.83. The number of nitrogen functional groups attached to an aromatic ring is 1. The van der Waals surface area contributed by atoms with Crippen LogP contribution in [-0.4, -0.2) is 36.0 Å². The fourth-order valence-corrected chi connectivity index (χ4v) is 1.81. The third kappa shape index (κ3) is 3.15. The van der Waals surface area contributed by atoms with Crippen molar-refractivity contribution in [2.75, 3.05) is 30.8 Å². The Morgan fingerprint density at radius 2 is 2.32 bits per heavy atom. The Bertz CT molecular complexity index is 577. The smallest absolute Gasteiger partial charge is 0.239 e. The van der Waals surface area contributed by atoms with E-state index in [9.17, 15) is 4.79 Å². The lowest BCUT2D eigenvalue weighted by molar-refractivity contribution is -0.119. The second kappa shape index (κ2) is 5.60. The molecule has 1 aromatic heterocycles. The van der Waals surface area contributed by atoms with Crippen molar-refractivity contribution in [2.24, 2.45) is 0 Å². The van der Waals surface area contributed by atoms with Gasteiger partial charge in [-0.05, 0) is 24.6 Å². The van der Waals surface area contributed by atoms with E-state index < -0.39 is 0 Å². The molecule has 0 radical (unpaired) electrons. The lowest BCUT2D eigenvalue weighted by Crippen LogP contribution is -2.35.